The number of hydrogen-bond donors (Lipinski definition) is 1. The third kappa shape index (κ3) is 2.53. The summed E-state index contributed by atoms with van der Waals surface area (Å²) in [5, 5.41) is 3.48. The average Bonchev–Trinajstić information content (AvgIpc) is 2.75. The first-order chi connectivity index (χ1) is 6.75. The van der Waals surface area contributed by atoms with E-state index in [0.29, 0.717) is 6.04 Å². The molecule has 2 rings (SSSR count). The molecular weight excluding hydrogens is 192 g/mol. The van der Waals surface area contributed by atoms with Crippen LogP contribution in [0.15, 0.2) is 0 Å². The highest BCUT2D eigenvalue weighted by Gasteiger charge is 2.24. The van der Waals surface area contributed by atoms with Crippen LogP contribution in [-0.2, 0) is 0 Å². The van der Waals surface area contributed by atoms with Crippen molar-refractivity contribution in [2.45, 2.75) is 44.2 Å². The van der Waals surface area contributed by atoms with Crippen LogP contribution in [-0.4, -0.2) is 42.0 Å². The molecule has 1 saturated carbocycles. The molecule has 3 heteroatoms. The van der Waals surface area contributed by atoms with Crippen LogP contribution in [0.25, 0.3) is 0 Å². The molecule has 1 N–H and O–H groups in total. The summed E-state index contributed by atoms with van der Waals surface area (Å²) in [7, 11) is 2.26. The minimum absolute atomic E-state index is 0.619. The van der Waals surface area contributed by atoms with E-state index in [2.05, 4.69) is 17.3 Å². The maximum absolute atomic E-state index is 5.20. The molecule has 1 aliphatic carbocycles. The number of likely N-dealkylation sites (N-methyl/N-ethyl adjacent to an activating group) is 1. The van der Waals surface area contributed by atoms with Crippen LogP contribution in [0.3, 0.4) is 0 Å². The SMILES string of the molecule is CN(CC1CC(=S)CN1)C1CCCC1. The summed E-state index contributed by atoms with van der Waals surface area (Å²) in [6.07, 6.45) is 6.74. The molecule has 0 radical (unpaired) electrons. The third-order valence-electron chi connectivity index (χ3n) is 3.52. The van der Waals surface area contributed by atoms with E-state index in [0.717, 1.165) is 19.0 Å². The molecule has 2 nitrogen and oxygen atoms in total. The van der Waals surface area contributed by atoms with E-state index in [1.807, 2.05) is 0 Å². The molecule has 0 spiro atoms. The molecule has 1 aliphatic heterocycles. The quantitative estimate of drug-likeness (QED) is 0.715. The molecule has 0 bridgehead atoms. The van der Waals surface area contributed by atoms with Crippen LogP contribution in [0, 0.1) is 0 Å². The summed E-state index contributed by atoms with van der Waals surface area (Å²) >= 11 is 5.20. The number of thiocarbonyl (C=S) groups is 1. The summed E-state index contributed by atoms with van der Waals surface area (Å²) in [6, 6.07) is 1.46. The van der Waals surface area contributed by atoms with E-state index >= 15 is 0 Å². The minimum atomic E-state index is 0.619. The molecule has 1 saturated heterocycles. The molecule has 2 aliphatic rings. The van der Waals surface area contributed by atoms with E-state index in [4.69, 9.17) is 12.2 Å². The van der Waals surface area contributed by atoms with Crippen molar-refractivity contribution in [2.75, 3.05) is 20.1 Å². The predicted molar refractivity (Wildman–Crippen MR) is 63.9 cm³/mol. The lowest BCUT2D eigenvalue weighted by molar-refractivity contribution is 0.226. The van der Waals surface area contributed by atoms with Crippen molar-refractivity contribution in [3.05, 3.63) is 0 Å². The fourth-order valence-corrected chi connectivity index (χ4v) is 2.93. The van der Waals surface area contributed by atoms with Crippen LogP contribution in [0.4, 0.5) is 0 Å². The molecule has 1 atom stereocenters. The van der Waals surface area contributed by atoms with Crippen molar-refractivity contribution in [1.82, 2.24) is 10.2 Å². The van der Waals surface area contributed by atoms with Crippen molar-refractivity contribution in [2.24, 2.45) is 0 Å². The third-order valence-corrected chi connectivity index (χ3v) is 3.83. The lowest BCUT2D eigenvalue weighted by Gasteiger charge is -2.26. The molecule has 0 aromatic rings. The van der Waals surface area contributed by atoms with Crippen LogP contribution >= 0.6 is 12.2 Å². The monoisotopic (exact) mass is 212 g/mol. The van der Waals surface area contributed by atoms with Gasteiger partial charge in [-0.15, -0.1) is 0 Å². The fourth-order valence-electron chi connectivity index (χ4n) is 2.65. The number of rotatable bonds is 3. The highest BCUT2D eigenvalue weighted by molar-refractivity contribution is 7.80. The Morgan fingerprint density at radius 2 is 2.14 bits per heavy atom. The largest absolute Gasteiger partial charge is 0.308 e. The molecule has 2 fully saturated rings. The first-order valence-electron chi connectivity index (χ1n) is 5.71. The fraction of sp³-hybridized carbons (Fsp3) is 0.909. The minimum Gasteiger partial charge on any atom is -0.308 e. The second-order valence-corrected chi connectivity index (χ2v) is 5.28. The zero-order valence-electron chi connectivity index (χ0n) is 8.96. The second-order valence-electron chi connectivity index (χ2n) is 4.70. The van der Waals surface area contributed by atoms with Gasteiger partial charge in [-0.05, 0) is 26.3 Å². The maximum Gasteiger partial charge on any atom is 0.0273 e. The lowest BCUT2D eigenvalue weighted by Crippen LogP contribution is -2.39. The van der Waals surface area contributed by atoms with Crippen molar-refractivity contribution < 1.29 is 0 Å². The number of nitrogens with one attached hydrogen (secondary N) is 1. The van der Waals surface area contributed by atoms with Crippen molar-refractivity contribution in [3.63, 3.8) is 0 Å². The Hall–Kier alpha value is 0.01000. The van der Waals surface area contributed by atoms with Crippen LogP contribution in [0.2, 0.25) is 0 Å². The van der Waals surface area contributed by atoms with Gasteiger partial charge in [0, 0.05) is 30.0 Å². The first kappa shape index (κ1) is 10.5. The zero-order chi connectivity index (χ0) is 9.97. The van der Waals surface area contributed by atoms with Crippen molar-refractivity contribution in [1.29, 1.82) is 0 Å². The number of hydrogen-bond acceptors (Lipinski definition) is 3. The Morgan fingerprint density at radius 3 is 2.71 bits per heavy atom. The molecular formula is C11H20N2S. The van der Waals surface area contributed by atoms with E-state index in [9.17, 15) is 0 Å². The Labute approximate surface area is 92.0 Å². The van der Waals surface area contributed by atoms with Crippen LogP contribution in [0.1, 0.15) is 32.1 Å². The van der Waals surface area contributed by atoms with Gasteiger partial charge in [-0.3, -0.25) is 0 Å². The van der Waals surface area contributed by atoms with Crippen molar-refractivity contribution >= 4 is 17.1 Å². The Morgan fingerprint density at radius 1 is 1.43 bits per heavy atom. The molecule has 1 unspecified atom stereocenters. The van der Waals surface area contributed by atoms with E-state index in [1.165, 1.54) is 37.1 Å². The standard InChI is InChI=1S/C11H20N2S/c1-13(10-4-2-3-5-10)8-9-6-11(14)7-12-9/h9-10,12H,2-8H2,1H3. The zero-order valence-corrected chi connectivity index (χ0v) is 9.78. The second kappa shape index (κ2) is 4.69. The van der Waals surface area contributed by atoms with Gasteiger partial charge in [0.25, 0.3) is 0 Å². The van der Waals surface area contributed by atoms with Gasteiger partial charge in [-0.2, -0.15) is 0 Å². The van der Waals surface area contributed by atoms with Gasteiger partial charge in [-0.1, -0.05) is 25.1 Å². The summed E-state index contributed by atoms with van der Waals surface area (Å²) in [6.45, 7) is 2.13. The van der Waals surface area contributed by atoms with Gasteiger partial charge in [0.2, 0.25) is 0 Å². The van der Waals surface area contributed by atoms with Gasteiger partial charge in [0.15, 0.2) is 0 Å². The predicted octanol–water partition coefficient (Wildman–Crippen LogP) is 1.59. The Balaban J connectivity index is 1.76. The molecule has 0 amide bonds. The first-order valence-corrected chi connectivity index (χ1v) is 6.12. The van der Waals surface area contributed by atoms with Gasteiger partial charge in [-0.25, -0.2) is 0 Å². The normalized spacial score (nSPS) is 29.3. The Kier molecular flexibility index (Phi) is 3.52. The molecule has 14 heavy (non-hydrogen) atoms. The topological polar surface area (TPSA) is 15.3 Å². The molecule has 0 aromatic carbocycles. The van der Waals surface area contributed by atoms with Gasteiger partial charge in [0.05, 0.1) is 0 Å². The Bertz CT molecular complexity index is 211. The number of nitrogens with zero attached hydrogens (tertiary/aromatic N) is 1. The van der Waals surface area contributed by atoms with E-state index < -0.39 is 0 Å². The van der Waals surface area contributed by atoms with Gasteiger partial charge < -0.3 is 10.2 Å². The highest BCUT2D eigenvalue weighted by Crippen LogP contribution is 2.22. The highest BCUT2D eigenvalue weighted by atomic mass is 32.1. The molecule has 80 valence electrons. The lowest BCUT2D eigenvalue weighted by atomic mass is 10.1. The van der Waals surface area contributed by atoms with Crippen LogP contribution in [0.5, 0.6) is 0 Å². The summed E-state index contributed by atoms with van der Waals surface area (Å²) in [5.41, 5.74) is 0. The van der Waals surface area contributed by atoms with E-state index in [1.54, 1.807) is 0 Å². The maximum atomic E-state index is 5.20. The van der Waals surface area contributed by atoms with E-state index in [-0.39, 0.29) is 0 Å². The van der Waals surface area contributed by atoms with Crippen molar-refractivity contribution in [3.8, 4) is 0 Å². The smallest absolute Gasteiger partial charge is 0.0273 e. The van der Waals surface area contributed by atoms with Crippen LogP contribution < -0.4 is 5.32 Å². The molecule has 1 heterocycles. The van der Waals surface area contributed by atoms with Gasteiger partial charge >= 0.3 is 0 Å². The average molecular weight is 212 g/mol. The molecule has 0 aromatic heterocycles. The summed E-state index contributed by atoms with van der Waals surface area (Å²) < 4.78 is 0. The van der Waals surface area contributed by atoms with Gasteiger partial charge in [0.1, 0.15) is 0 Å². The summed E-state index contributed by atoms with van der Waals surface area (Å²) in [4.78, 5) is 3.73. The summed E-state index contributed by atoms with van der Waals surface area (Å²) in [5.74, 6) is 0.